The molecule has 1 heterocycles. The first kappa shape index (κ1) is 44.9. The first-order valence-corrected chi connectivity index (χ1v) is 21.3. The van der Waals surface area contributed by atoms with Gasteiger partial charge < -0.3 is 14.4 Å². The van der Waals surface area contributed by atoms with Crippen LogP contribution in [-0.4, -0.2) is 50.5 Å². The summed E-state index contributed by atoms with van der Waals surface area (Å²) >= 11 is 0. The second-order valence-electron chi connectivity index (χ2n) is 14.6. The predicted molar refractivity (Wildman–Crippen MR) is 214 cm³/mol. The summed E-state index contributed by atoms with van der Waals surface area (Å²) in [6.45, 7) is 8.36. The molecular formula is C45H83NO2. The lowest BCUT2D eigenvalue weighted by atomic mass is 10.1. The van der Waals surface area contributed by atoms with Gasteiger partial charge in [-0.2, -0.15) is 0 Å². The molecule has 2 unspecified atom stereocenters. The molecule has 2 atom stereocenters. The maximum atomic E-state index is 6.32. The van der Waals surface area contributed by atoms with Crippen LogP contribution < -0.4 is 0 Å². The Morgan fingerprint density at radius 3 is 1.02 bits per heavy atom. The zero-order chi connectivity index (χ0) is 34.4. The van der Waals surface area contributed by atoms with Crippen LogP contribution in [0.3, 0.4) is 0 Å². The molecule has 0 N–H and O–H groups in total. The van der Waals surface area contributed by atoms with Crippen molar-refractivity contribution in [2.45, 2.75) is 206 Å². The molecule has 0 bridgehead atoms. The minimum absolute atomic E-state index is 0.257. The quantitative estimate of drug-likeness (QED) is 0.0489. The molecule has 1 aliphatic heterocycles. The molecule has 0 spiro atoms. The molecule has 1 aliphatic rings. The Balaban J connectivity index is 1.87. The van der Waals surface area contributed by atoms with E-state index < -0.39 is 0 Å². The van der Waals surface area contributed by atoms with E-state index in [2.05, 4.69) is 74.4 Å². The number of nitrogens with zero attached hydrogens (tertiary/aromatic N) is 1. The minimum Gasteiger partial charge on any atom is -0.374 e. The zero-order valence-corrected chi connectivity index (χ0v) is 32.7. The highest BCUT2D eigenvalue weighted by molar-refractivity contribution is 4.93. The van der Waals surface area contributed by atoms with Gasteiger partial charge in [0.2, 0.25) is 0 Å². The third kappa shape index (κ3) is 30.9. The van der Waals surface area contributed by atoms with E-state index in [4.69, 9.17) is 9.47 Å². The van der Waals surface area contributed by atoms with E-state index in [0.717, 1.165) is 39.1 Å². The molecule has 0 aromatic rings. The van der Waals surface area contributed by atoms with Crippen molar-refractivity contribution < 1.29 is 9.47 Å². The van der Waals surface area contributed by atoms with Crippen molar-refractivity contribution >= 4 is 0 Å². The van der Waals surface area contributed by atoms with Gasteiger partial charge in [0.05, 0.1) is 12.2 Å². The molecule has 1 fully saturated rings. The van der Waals surface area contributed by atoms with Crippen LogP contribution in [0.1, 0.15) is 194 Å². The van der Waals surface area contributed by atoms with Gasteiger partial charge in [0.1, 0.15) is 0 Å². The van der Waals surface area contributed by atoms with Crippen molar-refractivity contribution in [2.75, 3.05) is 33.4 Å². The summed E-state index contributed by atoms with van der Waals surface area (Å²) in [4.78, 5) is 2.38. The van der Waals surface area contributed by atoms with E-state index in [1.807, 2.05) is 0 Å². The van der Waals surface area contributed by atoms with Crippen LogP contribution in [-0.2, 0) is 9.47 Å². The molecule has 3 heteroatoms. The summed E-state index contributed by atoms with van der Waals surface area (Å²) in [5.41, 5.74) is 0. The highest BCUT2D eigenvalue weighted by Crippen LogP contribution is 2.18. The van der Waals surface area contributed by atoms with E-state index in [1.165, 1.54) is 167 Å². The summed E-state index contributed by atoms with van der Waals surface area (Å²) in [6, 6.07) is 0. The van der Waals surface area contributed by atoms with Gasteiger partial charge in [0.15, 0.2) is 0 Å². The van der Waals surface area contributed by atoms with Crippen LogP contribution in [0.5, 0.6) is 0 Å². The lowest BCUT2D eigenvalue weighted by Crippen LogP contribution is -2.30. The molecule has 0 radical (unpaired) electrons. The Labute approximate surface area is 301 Å². The first-order valence-electron chi connectivity index (χ1n) is 21.3. The highest BCUT2D eigenvalue weighted by atomic mass is 16.5. The van der Waals surface area contributed by atoms with Gasteiger partial charge in [0.25, 0.3) is 0 Å². The maximum Gasteiger partial charge on any atom is 0.0975 e. The number of allylic oxidation sites excluding steroid dienone is 8. The Hall–Kier alpha value is -1.16. The van der Waals surface area contributed by atoms with Crippen LogP contribution in [0.4, 0.5) is 0 Å². The fourth-order valence-electron chi connectivity index (χ4n) is 6.60. The molecule has 0 aromatic carbocycles. The molecule has 1 rings (SSSR count). The maximum absolute atomic E-state index is 6.32. The fraction of sp³-hybridized carbons (Fsp3) is 0.822. The van der Waals surface area contributed by atoms with Crippen molar-refractivity contribution in [3.8, 4) is 0 Å². The number of unbranched alkanes of at least 4 members (excludes halogenated alkanes) is 22. The van der Waals surface area contributed by atoms with Gasteiger partial charge in [-0.05, 0) is 84.1 Å². The molecule has 0 saturated carbocycles. The Morgan fingerprint density at radius 2 is 0.688 bits per heavy atom. The largest absolute Gasteiger partial charge is 0.374 e. The number of ether oxygens (including phenoxy) is 2. The Kier molecular flexibility index (Phi) is 34.7. The predicted octanol–water partition coefficient (Wildman–Crippen LogP) is 13.9. The number of likely N-dealkylation sites (N-methyl/N-ethyl adjacent to an activating group) is 1. The van der Waals surface area contributed by atoms with Crippen LogP contribution in [0, 0.1) is 0 Å². The van der Waals surface area contributed by atoms with Gasteiger partial charge in [-0.3, -0.25) is 0 Å². The lowest BCUT2D eigenvalue weighted by Gasteiger charge is -2.20. The second kappa shape index (κ2) is 37.1. The van der Waals surface area contributed by atoms with E-state index >= 15 is 0 Å². The molecule has 3 nitrogen and oxygen atoms in total. The number of hydrogen-bond acceptors (Lipinski definition) is 3. The number of rotatable bonds is 36. The molecule has 280 valence electrons. The normalized spacial score (nSPS) is 17.5. The highest BCUT2D eigenvalue weighted by Gasteiger charge is 2.32. The lowest BCUT2D eigenvalue weighted by molar-refractivity contribution is -0.0481. The Bertz CT molecular complexity index is 694. The minimum atomic E-state index is 0.257. The van der Waals surface area contributed by atoms with Gasteiger partial charge >= 0.3 is 0 Å². The number of likely N-dealkylation sites (tertiary alicyclic amines) is 1. The monoisotopic (exact) mass is 670 g/mol. The van der Waals surface area contributed by atoms with E-state index in [-0.39, 0.29) is 12.2 Å². The third-order valence-corrected chi connectivity index (χ3v) is 9.75. The van der Waals surface area contributed by atoms with Crippen LogP contribution in [0.25, 0.3) is 0 Å². The summed E-state index contributed by atoms with van der Waals surface area (Å²) in [5, 5.41) is 0. The molecule has 0 aromatic heterocycles. The van der Waals surface area contributed by atoms with Gasteiger partial charge in [0, 0.05) is 26.3 Å². The van der Waals surface area contributed by atoms with E-state index in [1.54, 1.807) is 0 Å². The van der Waals surface area contributed by atoms with Crippen LogP contribution in [0.2, 0.25) is 0 Å². The fourth-order valence-corrected chi connectivity index (χ4v) is 6.60. The third-order valence-electron chi connectivity index (χ3n) is 9.75. The van der Waals surface area contributed by atoms with Crippen molar-refractivity contribution in [3.63, 3.8) is 0 Å². The average Bonchev–Trinajstić information content (AvgIpc) is 3.45. The summed E-state index contributed by atoms with van der Waals surface area (Å²) < 4.78 is 12.6. The molecule has 1 saturated heterocycles. The van der Waals surface area contributed by atoms with Crippen molar-refractivity contribution in [2.24, 2.45) is 0 Å². The molecule has 0 amide bonds. The Morgan fingerprint density at radius 1 is 0.396 bits per heavy atom. The standard InChI is InChI=1S/C45H83NO2/c1-4-6-8-10-12-14-16-18-20-22-24-26-28-30-32-34-36-38-40-47-44-42-46(3)43-45(44)48-41-39-37-35-33-31-29-27-25-23-21-19-17-15-13-11-9-7-5-2/h12-15,18-21,44-45H,4-11,16-17,22-43H2,1-3H3/b14-12-,15-13-,20-18-,21-19-. The van der Waals surface area contributed by atoms with E-state index in [9.17, 15) is 0 Å². The molecule has 0 aliphatic carbocycles. The van der Waals surface area contributed by atoms with Crippen LogP contribution in [0.15, 0.2) is 48.6 Å². The molecule has 48 heavy (non-hydrogen) atoms. The van der Waals surface area contributed by atoms with Crippen LogP contribution >= 0.6 is 0 Å². The van der Waals surface area contributed by atoms with Crippen molar-refractivity contribution in [3.05, 3.63) is 48.6 Å². The zero-order valence-electron chi connectivity index (χ0n) is 32.7. The number of hydrogen-bond donors (Lipinski definition) is 0. The molecular weight excluding hydrogens is 587 g/mol. The average molecular weight is 670 g/mol. The van der Waals surface area contributed by atoms with Gasteiger partial charge in [-0.15, -0.1) is 0 Å². The van der Waals surface area contributed by atoms with E-state index in [0.29, 0.717) is 0 Å². The SMILES string of the molecule is CCCCC/C=C\C/C=C\CCCCCCCCCCOC1CN(C)CC1OCCCCCCCCCC/C=C\C/C=C\CCCCC. The summed E-state index contributed by atoms with van der Waals surface area (Å²) in [7, 11) is 2.20. The smallest absolute Gasteiger partial charge is 0.0975 e. The van der Waals surface area contributed by atoms with Gasteiger partial charge in [-0.25, -0.2) is 0 Å². The summed E-state index contributed by atoms with van der Waals surface area (Å²) in [5.74, 6) is 0. The van der Waals surface area contributed by atoms with Gasteiger partial charge in [-0.1, -0.05) is 165 Å². The second-order valence-corrected chi connectivity index (χ2v) is 14.6. The summed E-state index contributed by atoms with van der Waals surface area (Å²) in [6.07, 6.45) is 56.1. The van der Waals surface area contributed by atoms with Crippen molar-refractivity contribution in [1.82, 2.24) is 4.90 Å². The topological polar surface area (TPSA) is 21.7 Å². The van der Waals surface area contributed by atoms with Crippen molar-refractivity contribution in [1.29, 1.82) is 0 Å². The first-order chi connectivity index (χ1) is 23.8.